The van der Waals surface area contributed by atoms with Crippen LogP contribution in [0.3, 0.4) is 0 Å². The van der Waals surface area contributed by atoms with Crippen molar-refractivity contribution in [2.75, 3.05) is 11.9 Å². The van der Waals surface area contributed by atoms with Gasteiger partial charge < -0.3 is 15.2 Å². The monoisotopic (exact) mass is 276 g/mol. The van der Waals surface area contributed by atoms with Crippen LogP contribution < -0.4 is 5.32 Å². The molecule has 0 aromatic carbocycles. The number of ether oxygens (including phenoxy) is 1. The Labute approximate surface area is 115 Å². The third kappa shape index (κ3) is 2.44. The summed E-state index contributed by atoms with van der Waals surface area (Å²) in [6.07, 6.45) is 4.00. The number of nitrogens with one attached hydrogen (secondary N) is 1. The topological polar surface area (TPSA) is 88.8 Å². The molecule has 1 aliphatic rings. The van der Waals surface area contributed by atoms with Crippen LogP contribution in [0.25, 0.3) is 5.52 Å². The first-order chi connectivity index (χ1) is 9.63. The Morgan fingerprint density at radius 1 is 1.60 bits per heavy atom. The lowest BCUT2D eigenvalue weighted by Gasteiger charge is -2.13. The summed E-state index contributed by atoms with van der Waals surface area (Å²) in [5, 5.41) is 16.4. The fourth-order valence-corrected chi connectivity index (χ4v) is 2.43. The van der Waals surface area contributed by atoms with E-state index in [4.69, 9.17) is 9.84 Å². The van der Waals surface area contributed by atoms with E-state index in [2.05, 4.69) is 15.4 Å². The predicted molar refractivity (Wildman–Crippen MR) is 71.7 cm³/mol. The van der Waals surface area contributed by atoms with E-state index in [1.807, 2.05) is 13.0 Å². The van der Waals surface area contributed by atoms with Gasteiger partial charge in [-0.3, -0.25) is 0 Å². The zero-order valence-corrected chi connectivity index (χ0v) is 11.1. The summed E-state index contributed by atoms with van der Waals surface area (Å²) < 4.78 is 7.21. The number of aryl methyl sites for hydroxylation is 1. The van der Waals surface area contributed by atoms with Gasteiger partial charge in [0.1, 0.15) is 5.52 Å². The van der Waals surface area contributed by atoms with Crippen LogP contribution in [-0.4, -0.2) is 44.4 Å². The quantitative estimate of drug-likeness (QED) is 0.868. The number of rotatable bonds is 4. The predicted octanol–water partition coefficient (Wildman–Crippen LogP) is 1.08. The van der Waals surface area contributed by atoms with E-state index in [0.29, 0.717) is 13.0 Å². The Morgan fingerprint density at radius 2 is 2.45 bits per heavy atom. The molecule has 0 aliphatic carbocycles. The minimum absolute atomic E-state index is 0.0952. The van der Waals surface area contributed by atoms with Gasteiger partial charge in [-0.1, -0.05) is 0 Å². The Bertz CT molecular complexity index is 640. The summed E-state index contributed by atoms with van der Waals surface area (Å²) in [5.74, 6) is -0.158. The molecule has 2 atom stereocenters. The lowest BCUT2D eigenvalue weighted by Crippen LogP contribution is -2.24. The molecule has 0 radical (unpaired) electrons. The summed E-state index contributed by atoms with van der Waals surface area (Å²) >= 11 is 0. The Hall–Kier alpha value is -2.15. The molecule has 2 aromatic heterocycles. The van der Waals surface area contributed by atoms with Crippen LogP contribution in [0.4, 0.5) is 5.82 Å². The van der Waals surface area contributed by atoms with Crippen molar-refractivity contribution in [2.45, 2.75) is 32.0 Å². The molecule has 1 aliphatic heterocycles. The number of hydrogen-bond donors (Lipinski definition) is 2. The molecule has 0 amide bonds. The van der Waals surface area contributed by atoms with Crippen LogP contribution in [0.15, 0.2) is 18.5 Å². The van der Waals surface area contributed by atoms with Gasteiger partial charge >= 0.3 is 5.97 Å². The number of anilines is 1. The van der Waals surface area contributed by atoms with Crippen LogP contribution >= 0.6 is 0 Å². The number of aromatic nitrogens is 3. The second kappa shape index (κ2) is 5.09. The highest BCUT2D eigenvalue weighted by molar-refractivity contribution is 5.72. The van der Waals surface area contributed by atoms with Gasteiger partial charge in [0.25, 0.3) is 0 Å². The summed E-state index contributed by atoms with van der Waals surface area (Å²) in [7, 11) is 0. The van der Waals surface area contributed by atoms with Gasteiger partial charge in [-0.15, -0.1) is 0 Å². The van der Waals surface area contributed by atoms with Crippen LogP contribution in [0.5, 0.6) is 0 Å². The molecule has 0 bridgehead atoms. The second-order valence-electron chi connectivity index (χ2n) is 4.93. The number of hydrogen-bond acceptors (Lipinski definition) is 5. The number of carboxylic acid groups (broad SMARTS) is 1. The summed E-state index contributed by atoms with van der Waals surface area (Å²) in [6, 6.07) is 1.95. The fraction of sp³-hybridized carbons (Fsp3) is 0.462. The van der Waals surface area contributed by atoms with Crippen molar-refractivity contribution in [3.8, 4) is 0 Å². The number of fused-ring (bicyclic) bond motifs is 1. The van der Waals surface area contributed by atoms with Crippen molar-refractivity contribution in [3.05, 3.63) is 24.2 Å². The standard InChI is InChI=1S/C13H16N4O3/c1-8-6-10-12(14-4-5-17(10)16-8)15-7-9-2-3-11(20-9)13(18)19/h4-6,9,11H,2-3,7H2,1H3,(H,14,15)(H,18,19). The zero-order valence-electron chi connectivity index (χ0n) is 11.1. The van der Waals surface area contributed by atoms with E-state index in [1.54, 1.807) is 16.9 Å². The fourth-order valence-electron chi connectivity index (χ4n) is 2.43. The summed E-state index contributed by atoms with van der Waals surface area (Å²) in [5.41, 5.74) is 1.82. The van der Waals surface area contributed by atoms with E-state index in [0.717, 1.165) is 23.4 Å². The third-order valence-electron chi connectivity index (χ3n) is 3.39. The Kier molecular flexibility index (Phi) is 3.27. The van der Waals surface area contributed by atoms with Crippen LogP contribution in [0, 0.1) is 6.92 Å². The van der Waals surface area contributed by atoms with Crippen molar-refractivity contribution >= 4 is 17.3 Å². The molecular formula is C13H16N4O3. The number of aliphatic carboxylic acids is 1. The molecule has 106 valence electrons. The Balaban J connectivity index is 1.67. The average Bonchev–Trinajstić information content (AvgIpc) is 3.01. The van der Waals surface area contributed by atoms with E-state index in [9.17, 15) is 4.79 Å². The van der Waals surface area contributed by atoms with Crippen LogP contribution in [-0.2, 0) is 9.53 Å². The number of carbonyl (C=O) groups is 1. The molecule has 3 heterocycles. The maximum absolute atomic E-state index is 10.8. The third-order valence-corrected chi connectivity index (χ3v) is 3.39. The molecule has 1 saturated heterocycles. The van der Waals surface area contributed by atoms with E-state index < -0.39 is 12.1 Å². The Morgan fingerprint density at radius 3 is 3.20 bits per heavy atom. The first-order valence-corrected chi connectivity index (χ1v) is 6.56. The molecule has 2 aromatic rings. The minimum atomic E-state index is -0.890. The average molecular weight is 276 g/mol. The molecule has 0 saturated carbocycles. The smallest absolute Gasteiger partial charge is 0.332 e. The lowest BCUT2D eigenvalue weighted by atomic mass is 10.2. The molecule has 7 heteroatoms. The molecule has 3 rings (SSSR count). The largest absolute Gasteiger partial charge is 0.479 e. The maximum atomic E-state index is 10.8. The van der Waals surface area contributed by atoms with Gasteiger partial charge in [-0.25, -0.2) is 14.3 Å². The van der Waals surface area contributed by atoms with Gasteiger partial charge in [0.15, 0.2) is 11.9 Å². The van der Waals surface area contributed by atoms with Crippen molar-refractivity contribution in [1.82, 2.24) is 14.6 Å². The van der Waals surface area contributed by atoms with Crippen molar-refractivity contribution in [3.63, 3.8) is 0 Å². The molecule has 1 fully saturated rings. The molecule has 0 spiro atoms. The van der Waals surface area contributed by atoms with Crippen molar-refractivity contribution in [2.24, 2.45) is 0 Å². The first-order valence-electron chi connectivity index (χ1n) is 6.56. The van der Waals surface area contributed by atoms with Gasteiger partial charge in [0.05, 0.1) is 11.8 Å². The number of nitrogens with zero attached hydrogens (tertiary/aromatic N) is 3. The molecule has 2 unspecified atom stereocenters. The van der Waals surface area contributed by atoms with Gasteiger partial charge in [0.2, 0.25) is 0 Å². The highest BCUT2D eigenvalue weighted by Gasteiger charge is 2.30. The van der Waals surface area contributed by atoms with Crippen LogP contribution in [0.1, 0.15) is 18.5 Å². The van der Waals surface area contributed by atoms with E-state index in [1.165, 1.54) is 0 Å². The minimum Gasteiger partial charge on any atom is -0.479 e. The molecule has 7 nitrogen and oxygen atoms in total. The first kappa shape index (κ1) is 12.9. The summed E-state index contributed by atoms with van der Waals surface area (Å²) in [4.78, 5) is 15.1. The molecular weight excluding hydrogens is 260 g/mol. The van der Waals surface area contributed by atoms with E-state index >= 15 is 0 Å². The highest BCUT2D eigenvalue weighted by atomic mass is 16.5. The van der Waals surface area contributed by atoms with Crippen molar-refractivity contribution < 1.29 is 14.6 Å². The summed E-state index contributed by atoms with van der Waals surface area (Å²) in [6.45, 7) is 2.47. The number of carboxylic acids is 1. The zero-order chi connectivity index (χ0) is 14.1. The lowest BCUT2D eigenvalue weighted by molar-refractivity contribution is -0.149. The highest BCUT2D eigenvalue weighted by Crippen LogP contribution is 2.21. The SMILES string of the molecule is Cc1cc2c(NCC3CCC(C(=O)O)O3)nccn2n1. The normalized spacial score (nSPS) is 22.2. The maximum Gasteiger partial charge on any atom is 0.332 e. The second-order valence-corrected chi connectivity index (χ2v) is 4.93. The van der Waals surface area contributed by atoms with Gasteiger partial charge in [-0.05, 0) is 25.8 Å². The van der Waals surface area contributed by atoms with Gasteiger partial charge in [0, 0.05) is 18.9 Å². The van der Waals surface area contributed by atoms with Crippen LogP contribution in [0.2, 0.25) is 0 Å². The molecule has 2 N–H and O–H groups in total. The van der Waals surface area contributed by atoms with Crippen molar-refractivity contribution in [1.29, 1.82) is 0 Å². The molecule has 20 heavy (non-hydrogen) atoms. The van der Waals surface area contributed by atoms with Gasteiger partial charge in [-0.2, -0.15) is 5.10 Å². The van der Waals surface area contributed by atoms with E-state index in [-0.39, 0.29) is 6.10 Å².